The Morgan fingerprint density at radius 3 is 2.80 bits per heavy atom. The number of nitrogens with one attached hydrogen (secondary N) is 1. The summed E-state index contributed by atoms with van der Waals surface area (Å²) in [5.41, 5.74) is 2.66. The van der Waals surface area contributed by atoms with E-state index >= 15 is 0 Å². The van der Waals surface area contributed by atoms with Crippen molar-refractivity contribution >= 4 is 5.69 Å². The molecule has 0 unspecified atom stereocenters. The number of benzene rings is 1. The largest absolute Gasteiger partial charge is 0.382 e. The van der Waals surface area contributed by atoms with Crippen LogP contribution >= 0.6 is 0 Å². The molecule has 15 heavy (non-hydrogen) atoms. The molecule has 0 radical (unpaired) electrons. The Kier molecular flexibility index (Phi) is 2.19. The van der Waals surface area contributed by atoms with E-state index in [1.807, 2.05) is 0 Å². The van der Waals surface area contributed by atoms with Gasteiger partial charge in [0, 0.05) is 11.7 Å². The van der Waals surface area contributed by atoms with E-state index in [0.717, 1.165) is 17.9 Å². The van der Waals surface area contributed by atoms with Crippen LogP contribution in [0, 0.1) is 18.8 Å². The topological polar surface area (TPSA) is 12.0 Å². The molecule has 1 aromatic carbocycles. The number of fused-ring (bicyclic) bond motifs is 2. The van der Waals surface area contributed by atoms with E-state index in [9.17, 15) is 0 Å². The van der Waals surface area contributed by atoms with E-state index in [0.29, 0.717) is 0 Å². The second-order valence-electron chi connectivity index (χ2n) is 5.30. The standard InChI is InChI=1S/C14H19N/c1-10-3-2-4-13(7-10)15-14-9-11-5-6-12(14)8-11/h2-4,7,11-12,14-15H,5-6,8-9H2,1H3/t11-,12-,14+/m0/s1. The van der Waals surface area contributed by atoms with E-state index in [1.54, 1.807) is 0 Å². The van der Waals surface area contributed by atoms with E-state index in [2.05, 4.69) is 36.5 Å². The first kappa shape index (κ1) is 9.26. The van der Waals surface area contributed by atoms with Crippen LogP contribution in [0.15, 0.2) is 24.3 Å². The molecule has 80 valence electrons. The highest BCUT2D eigenvalue weighted by molar-refractivity contribution is 5.46. The van der Waals surface area contributed by atoms with Crippen LogP contribution in [0.5, 0.6) is 0 Å². The van der Waals surface area contributed by atoms with Crippen LogP contribution in [0.2, 0.25) is 0 Å². The number of hydrogen-bond acceptors (Lipinski definition) is 1. The second kappa shape index (κ2) is 3.55. The first-order valence-corrected chi connectivity index (χ1v) is 6.14. The fraction of sp³-hybridized carbons (Fsp3) is 0.571. The molecule has 1 heteroatoms. The van der Waals surface area contributed by atoms with E-state index in [1.165, 1.54) is 36.9 Å². The third-order valence-corrected chi connectivity index (χ3v) is 4.11. The summed E-state index contributed by atoms with van der Waals surface area (Å²) in [6.07, 6.45) is 5.81. The minimum Gasteiger partial charge on any atom is -0.382 e. The maximum absolute atomic E-state index is 3.71. The van der Waals surface area contributed by atoms with Crippen LogP contribution in [0.25, 0.3) is 0 Å². The number of hydrogen-bond donors (Lipinski definition) is 1. The highest BCUT2D eigenvalue weighted by atomic mass is 14.9. The molecule has 2 aliphatic carbocycles. The molecule has 2 bridgehead atoms. The lowest BCUT2D eigenvalue weighted by Gasteiger charge is -2.24. The Balaban J connectivity index is 1.71. The van der Waals surface area contributed by atoms with Crippen LogP contribution in [0.1, 0.15) is 31.2 Å². The quantitative estimate of drug-likeness (QED) is 0.771. The van der Waals surface area contributed by atoms with Gasteiger partial charge in [-0.25, -0.2) is 0 Å². The molecule has 3 atom stereocenters. The van der Waals surface area contributed by atoms with Gasteiger partial charge in [-0.1, -0.05) is 18.6 Å². The zero-order valence-corrected chi connectivity index (χ0v) is 9.37. The summed E-state index contributed by atoms with van der Waals surface area (Å²) in [4.78, 5) is 0. The first-order chi connectivity index (χ1) is 7.31. The molecule has 0 spiro atoms. The van der Waals surface area contributed by atoms with Gasteiger partial charge in [0.1, 0.15) is 0 Å². The predicted molar refractivity (Wildman–Crippen MR) is 64.0 cm³/mol. The summed E-state index contributed by atoms with van der Waals surface area (Å²) in [5, 5.41) is 3.71. The van der Waals surface area contributed by atoms with Gasteiger partial charge in [-0.05, 0) is 55.7 Å². The summed E-state index contributed by atoms with van der Waals surface area (Å²) in [7, 11) is 0. The molecule has 2 saturated carbocycles. The minimum atomic E-state index is 0.755. The van der Waals surface area contributed by atoms with Gasteiger partial charge in [0.15, 0.2) is 0 Å². The van der Waals surface area contributed by atoms with Crippen LogP contribution in [0.3, 0.4) is 0 Å². The second-order valence-corrected chi connectivity index (χ2v) is 5.30. The van der Waals surface area contributed by atoms with Gasteiger partial charge in [0.2, 0.25) is 0 Å². The molecule has 1 aromatic rings. The van der Waals surface area contributed by atoms with Crippen LogP contribution in [-0.2, 0) is 0 Å². The highest BCUT2D eigenvalue weighted by Crippen LogP contribution is 2.45. The lowest BCUT2D eigenvalue weighted by atomic mass is 9.95. The fourth-order valence-corrected chi connectivity index (χ4v) is 3.37. The number of anilines is 1. The van der Waals surface area contributed by atoms with Crippen LogP contribution in [-0.4, -0.2) is 6.04 Å². The van der Waals surface area contributed by atoms with Gasteiger partial charge < -0.3 is 5.32 Å². The minimum absolute atomic E-state index is 0.755. The van der Waals surface area contributed by atoms with Crippen molar-refractivity contribution in [3.63, 3.8) is 0 Å². The molecule has 2 aliphatic rings. The van der Waals surface area contributed by atoms with Gasteiger partial charge in [-0.3, -0.25) is 0 Å². The summed E-state index contributed by atoms with van der Waals surface area (Å²) >= 11 is 0. The first-order valence-electron chi connectivity index (χ1n) is 6.14. The van der Waals surface area contributed by atoms with Crippen molar-refractivity contribution in [1.82, 2.24) is 0 Å². The lowest BCUT2D eigenvalue weighted by Crippen LogP contribution is -2.25. The van der Waals surface area contributed by atoms with Crippen molar-refractivity contribution in [1.29, 1.82) is 0 Å². The van der Waals surface area contributed by atoms with Crippen LogP contribution < -0.4 is 5.32 Å². The average molecular weight is 201 g/mol. The van der Waals surface area contributed by atoms with Crippen LogP contribution in [0.4, 0.5) is 5.69 Å². The molecule has 3 rings (SSSR count). The number of aryl methyl sites for hydroxylation is 1. The van der Waals surface area contributed by atoms with Gasteiger partial charge in [0.25, 0.3) is 0 Å². The third kappa shape index (κ3) is 1.75. The van der Waals surface area contributed by atoms with Gasteiger partial charge >= 0.3 is 0 Å². The van der Waals surface area contributed by atoms with Crippen molar-refractivity contribution in [2.24, 2.45) is 11.8 Å². The molecule has 0 aliphatic heterocycles. The zero-order chi connectivity index (χ0) is 10.3. The Morgan fingerprint density at radius 1 is 1.20 bits per heavy atom. The number of rotatable bonds is 2. The monoisotopic (exact) mass is 201 g/mol. The van der Waals surface area contributed by atoms with E-state index < -0.39 is 0 Å². The van der Waals surface area contributed by atoms with E-state index in [4.69, 9.17) is 0 Å². The molecule has 1 N–H and O–H groups in total. The molecule has 0 aromatic heterocycles. The van der Waals surface area contributed by atoms with Crippen molar-refractivity contribution < 1.29 is 0 Å². The van der Waals surface area contributed by atoms with Gasteiger partial charge in [-0.2, -0.15) is 0 Å². The molecular formula is C14H19N. The summed E-state index contributed by atoms with van der Waals surface area (Å²) in [6, 6.07) is 9.51. The maximum atomic E-state index is 3.71. The molecule has 0 heterocycles. The summed E-state index contributed by atoms with van der Waals surface area (Å²) in [6.45, 7) is 2.16. The van der Waals surface area contributed by atoms with Crippen molar-refractivity contribution in [2.45, 2.75) is 38.6 Å². The fourth-order valence-electron chi connectivity index (χ4n) is 3.37. The Morgan fingerprint density at radius 2 is 2.13 bits per heavy atom. The molecule has 0 amide bonds. The molecule has 2 fully saturated rings. The predicted octanol–water partition coefficient (Wildman–Crippen LogP) is 3.60. The summed E-state index contributed by atoms with van der Waals surface area (Å²) < 4.78 is 0. The Hall–Kier alpha value is -0.980. The Bertz CT molecular complexity index is 358. The Labute approximate surface area is 91.9 Å². The van der Waals surface area contributed by atoms with Gasteiger partial charge in [-0.15, -0.1) is 0 Å². The average Bonchev–Trinajstić information content (AvgIpc) is 2.79. The SMILES string of the molecule is Cc1cccc(N[C@@H]2C[C@H]3CC[C@H]2C3)c1. The molecular weight excluding hydrogens is 182 g/mol. The normalized spacial score (nSPS) is 33.3. The lowest BCUT2D eigenvalue weighted by molar-refractivity contribution is 0.440. The molecule has 0 saturated heterocycles. The maximum Gasteiger partial charge on any atom is 0.0345 e. The third-order valence-electron chi connectivity index (χ3n) is 4.11. The van der Waals surface area contributed by atoms with Crippen molar-refractivity contribution in [3.8, 4) is 0 Å². The van der Waals surface area contributed by atoms with Crippen molar-refractivity contribution in [3.05, 3.63) is 29.8 Å². The highest BCUT2D eigenvalue weighted by Gasteiger charge is 2.39. The zero-order valence-electron chi connectivity index (χ0n) is 9.37. The smallest absolute Gasteiger partial charge is 0.0345 e. The molecule has 1 nitrogen and oxygen atoms in total. The van der Waals surface area contributed by atoms with Crippen molar-refractivity contribution in [2.75, 3.05) is 5.32 Å². The summed E-state index contributed by atoms with van der Waals surface area (Å²) in [5.74, 6) is 1.98. The van der Waals surface area contributed by atoms with Gasteiger partial charge in [0.05, 0.1) is 0 Å². The van der Waals surface area contributed by atoms with E-state index in [-0.39, 0.29) is 0 Å².